The Hall–Kier alpha value is -3.00. The highest BCUT2D eigenvalue weighted by Gasteiger charge is 2.10. The molecular formula is C17H14FN3O3S. The number of amides is 1. The molecule has 0 aliphatic heterocycles. The van der Waals surface area contributed by atoms with Gasteiger partial charge in [-0.3, -0.25) is 4.79 Å². The number of aromatic nitrogens is 2. The zero-order chi connectivity index (χ0) is 17.6. The Morgan fingerprint density at radius 1 is 1.20 bits per heavy atom. The average molecular weight is 359 g/mol. The molecule has 3 rings (SSSR count). The van der Waals surface area contributed by atoms with E-state index >= 15 is 0 Å². The topological polar surface area (TPSA) is 69.3 Å². The lowest BCUT2D eigenvalue weighted by Crippen LogP contribution is -2.19. The van der Waals surface area contributed by atoms with E-state index in [1.165, 1.54) is 28.9 Å². The molecule has 1 heterocycles. The molecule has 0 spiro atoms. The minimum atomic E-state index is -0.375. The third kappa shape index (κ3) is 4.74. The van der Waals surface area contributed by atoms with E-state index in [-0.39, 0.29) is 35.6 Å². The zero-order valence-corrected chi connectivity index (χ0v) is 13.8. The molecule has 0 radical (unpaired) electrons. The van der Waals surface area contributed by atoms with Gasteiger partial charge in [-0.1, -0.05) is 18.2 Å². The average Bonchev–Trinajstić information content (AvgIpc) is 2.96. The second-order valence-electron chi connectivity index (χ2n) is 5.08. The van der Waals surface area contributed by atoms with Crippen LogP contribution in [0.25, 0.3) is 0 Å². The van der Waals surface area contributed by atoms with E-state index in [0.29, 0.717) is 11.4 Å². The normalized spacial score (nSPS) is 10.4. The molecule has 1 aromatic heterocycles. The van der Waals surface area contributed by atoms with Crippen molar-refractivity contribution >= 4 is 23.8 Å². The minimum Gasteiger partial charge on any atom is -0.484 e. The molecule has 2 aromatic carbocycles. The smallest absolute Gasteiger partial charge is 0.287 e. The van der Waals surface area contributed by atoms with Gasteiger partial charge in [-0.05, 0) is 48.6 Å². The van der Waals surface area contributed by atoms with Crippen LogP contribution in [0.4, 0.5) is 10.1 Å². The van der Waals surface area contributed by atoms with E-state index in [4.69, 9.17) is 21.4 Å². The summed E-state index contributed by atoms with van der Waals surface area (Å²) in [6, 6.07) is 14.7. The second-order valence-corrected chi connectivity index (χ2v) is 5.43. The van der Waals surface area contributed by atoms with Crippen LogP contribution in [0, 0.1) is 10.7 Å². The molecule has 0 saturated heterocycles. The van der Waals surface area contributed by atoms with Gasteiger partial charge in [0, 0.05) is 5.69 Å². The van der Waals surface area contributed by atoms with Gasteiger partial charge in [-0.15, -0.1) is 5.10 Å². The monoisotopic (exact) mass is 359 g/mol. The highest BCUT2D eigenvalue weighted by Crippen LogP contribution is 2.12. The molecule has 8 heteroatoms. The van der Waals surface area contributed by atoms with Gasteiger partial charge in [0.15, 0.2) is 6.61 Å². The number of anilines is 1. The lowest BCUT2D eigenvalue weighted by atomic mass is 10.3. The Labute approximate surface area is 147 Å². The zero-order valence-electron chi connectivity index (χ0n) is 13.0. The summed E-state index contributed by atoms with van der Waals surface area (Å²) in [5.41, 5.74) is 0.481. The quantitative estimate of drug-likeness (QED) is 0.682. The van der Waals surface area contributed by atoms with Crippen LogP contribution in [-0.2, 0) is 17.9 Å². The van der Waals surface area contributed by atoms with E-state index in [0.717, 1.165) is 0 Å². The molecule has 3 aromatic rings. The Morgan fingerprint density at radius 3 is 2.64 bits per heavy atom. The minimum absolute atomic E-state index is 0.0703. The highest BCUT2D eigenvalue weighted by atomic mass is 32.1. The molecule has 0 saturated carbocycles. The van der Waals surface area contributed by atoms with Crippen molar-refractivity contribution in [2.24, 2.45) is 0 Å². The fourth-order valence-corrected chi connectivity index (χ4v) is 2.24. The van der Waals surface area contributed by atoms with Gasteiger partial charge in [0.1, 0.15) is 18.1 Å². The van der Waals surface area contributed by atoms with Gasteiger partial charge >= 0.3 is 0 Å². The molecule has 0 aliphatic carbocycles. The lowest BCUT2D eigenvalue weighted by molar-refractivity contribution is -0.117. The Balaban J connectivity index is 1.59. The van der Waals surface area contributed by atoms with E-state index < -0.39 is 0 Å². The number of hydrogen-bond donors (Lipinski definition) is 1. The number of para-hydroxylation sites is 1. The van der Waals surface area contributed by atoms with Crippen LogP contribution < -0.4 is 10.1 Å². The van der Waals surface area contributed by atoms with Crippen molar-refractivity contribution in [3.63, 3.8) is 0 Å². The third-order valence-electron chi connectivity index (χ3n) is 3.17. The van der Waals surface area contributed by atoms with Gasteiger partial charge in [-0.2, -0.15) is 0 Å². The van der Waals surface area contributed by atoms with Crippen LogP contribution in [0.5, 0.6) is 5.75 Å². The number of benzene rings is 2. The van der Waals surface area contributed by atoms with Crippen LogP contribution in [0.2, 0.25) is 0 Å². The summed E-state index contributed by atoms with van der Waals surface area (Å²) in [6.45, 7) is -0.0225. The molecule has 25 heavy (non-hydrogen) atoms. The second kappa shape index (κ2) is 7.71. The van der Waals surface area contributed by atoms with Crippen molar-refractivity contribution in [2.45, 2.75) is 13.2 Å². The molecule has 0 fully saturated rings. The van der Waals surface area contributed by atoms with Gasteiger partial charge in [0.2, 0.25) is 5.91 Å². The maximum Gasteiger partial charge on any atom is 0.287 e. The number of hydrogen-bond acceptors (Lipinski definition) is 5. The highest BCUT2D eigenvalue weighted by molar-refractivity contribution is 7.71. The van der Waals surface area contributed by atoms with Crippen molar-refractivity contribution in [3.05, 3.63) is 71.1 Å². The first-order valence-corrected chi connectivity index (χ1v) is 7.81. The standard InChI is InChI=1S/C17H14FN3O3S/c18-12-6-8-13(9-7-12)19-15(22)10-21-17(25)24-16(20-21)11-23-14-4-2-1-3-5-14/h1-9H,10-11H2,(H,19,22). The number of nitrogens with one attached hydrogen (secondary N) is 1. The first-order valence-electron chi connectivity index (χ1n) is 7.40. The largest absolute Gasteiger partial charge is 0.484 e. The fraction of sp³-hybridized carbons (Fsp3) is 0.118. The third-order valence-corrected chi connectivity index (χ3v) is 3.47. The van der Waals surface area contributed by atoms with Crippen LogP contribution in [-0.4, -0.2) is 15.7 Å². The van der Waals surface area contributed by atoms with Crippen LogP contribution in [0.15, 0.2) is 59.0 Å². The number of nitrogens with zero attached hydrogens (tertiary/aromatic N) is 2. The Morgan fingerprint density at radius 2 is 1.92 bits per heavy atom. The number of rotatable bonds is 6. The summed E-state index contributed by atoms with van der Waals surface area (Å²) in [6.07, 6.45) is 0. The summed E-state index contributed by atoms with van der Waals surface area (Å²) >= 11 is 5.05. The van der Waals surface area contributed by atoms with Crippen LogP contribution >= 0.6 is 12.2 Å². The van der Waals surface area contributed by atoms with Crippen molar-refractivity contribution in [3.8, 4) is 5.75 Å². The van der Waals surface area contributed by atoms with Gasteiger partial charge < -0.3 is 14.5 Å². The Bertz CT molecular complexity index is 907. The van der Waals surface area contributed by atoms with Crippen molar-refractivity contribution in [1.82, 2.24) is 9.78 Å². The van der Waals surface area contributed by atoms with Gasteiger partial charge in [0.25, 0.3) is 10.7 Å². The molecule has 6 nitrogen and oxygen atoms in total. The summed E-state index contributed by atoms with van der Waals surface area (Å²) < 4.78 is 25.0. The summed E-state index contributed by atoms with van der Waals surface area (Å²) in [5, 5.41) is 6.75. The van der Waals surface area contributed by atoms with Crippen LogP contribution in [0.1, 0.15) is 5.89 Å². The predicted octanol–water partition coefficient (Wildman–Crippen LogP) is 3.56. The van der Waals surface area contributed by atoms with Crippen molar-refractivity contribution in [2.75, 3.05) is 5.32 Å². The number of carbonyl (C=O) groups excluding carboxylic acids is 1. The van der Waals surface area contributed by atoms with E-state index in [1.807, 2.05) is 30.3 Å². The van der Waals surface area contributed by atoms with Crippen LogP contribution in [0.3, 0.4) is 0 Å². The molecule has 128 valence electrons. The molecule has 1 N–H and O–H groups in total. The van der Waals surface area contributed by atoms with Gasteiger partial charge in [-0.25, -0.2) is 9.07 Å². The summed E-state index contributed by atoms with van der Waals surface area (Å²) in [7, 11) is 0. The maximum absolute atomic E-state index is 12.9. The molecular weight excluding hydrogens is 345 g/mol. The molecule has 0 unspecified atom stereocenters. The molecule has 0 bridgehead atoms. The van der Waals surface area contributed by atoms with E-state index in [1.54, 1.807) is 0 Å². The molecule has 0 aliphatic rings. The number of halogens is 1. The first kappa shape index (κ1) is 16.8. The molecule has 0 atom stereocenters. The summed E-state index contributed by atoms with van der Waals surface area (Å²) in [5.74, 6) is 0.210. The number of ether oxygens (including phenoxy) is 1. The van der Waals surface area contributed by atoms with Crippen molar-refractivity contribution < 1.29 is 18.3 Å². The fourth-order valence-electron chi connectivity index (χ4n) is 2.04. The first-order chi connectivity index (χ1) is 12.1. The lowest BCUT2D eigenvalue weighted by Gasteiger charge is -2.04. The van der Waals surface area contributed by atoms with Crippen molar-refractivity contribution in [1.29, 1.82) is 0 Å². The summed E-state index contributed by atoms with van der Waals surface area (Å²) in [4.78, 5) is 12.1. The number of carbonyl (C=O) groups is 1. The van der Waals surface area contributed by atoms with E-state index in [2.05, 4.69) is 10.4 Å². The van der Waals surface area contributed by atoms with E-state index in [9.17, 15) is 9.18 Å². The predicted molar refractivity (Wildman–Crippen MR) is 91.1 cm³/mol. The maximum atomic E-state index is 12.9. The SMILES string of the molecule is O=C(Cn1nc(COc2ccccc2)oc1=S)Nc1ccc(F)cc1. The van der Waals surface area contributed by atoms with Gasteiger partial charge in [0.05, 0.1) is 0 Å². The Kier molecular flexibility index (Phi) is 5.20. The molecule has 1 amide bonds.